The van der Waals surface area contributed by atoms with Crippen LogP contribution >= 0.6 is 0 Å². The average molecular weight is 297 g/mol. The molecule has 0 saturated carbocycles. The Morgan fingerprint density at radius 3 is 2.75 bits per heavy atom. The number of rotatable bonds is 6. The lowest BCUT2D eigenvalue weighted by atomic mass is 10.1. The average Bonchev–Trinajstić information content (AvgIpc) is 3.04. The largest absolute Gasteiger partial charge is 0.415 e. The Morgan fingerprint density at radius 2 is 2.10 bits per heavy atom. The zero-order valence-corrected chi connectivity index (χ0v) is 11.4. The van der Waals surface area contributed by atoms with Crippen molar-refractivity contribution in [3.63, 3.8) is 0 Å². The fourth-order valence-electron chi connectivity index (χ4n) is 2.88. The highest BCUT2D eigenvalue weighted by molar-refractivity contribution is 4.88. The maximum absolute atomic E-state index is 12.5. The van der Waals surface area contributed by atoms with E-state index in [0.29, 0.717) is 39.1 Å². The molecule has 118 valence electrons. The molecule has 2 aliphatic rings. The van der Waals surface area contributed by atoms with Gasteiger partial charge in [-0.3, -0.25) is 4.90 Å². The second-order valence-corrected chi connectivity index (χ2v) is 5.44. The molecule has 4 nitrogen and oxygen atoms in total. The molecule has 3 atom stereocenters. The molecule has 0 aromatic rings. The fourth-order valence-corrected chi connectivity index (χ4v) is 2.88. The lowest BCUT2D eigenvalue weighted by Crippen LogP contribution is -2.47. The number of aliphatic hydroxyl groups is 1. The summed E-state index contributed by atoms with van der Waals surface area (Å²) in [6.07, 6.45) is -3.59. The van der Waals surface area contributed by atoms with Crippen molar-refractivity contribution in [2.75, 3.05) is 32.9 Å². The van der Waals surface area contributed by atoms with Crippen LogP contribution in [0.3, 0.4) is 0 Å². The van der Waals surface area contributed by atoms with Gasteiger partial charge in [0.1, 0.15) is 0 Å². The van der Waals surface area contributed by atoms with Crippen molar-refractivity contribution in [1.29, 1.82) is 0 Å². The van der Waals surface area contributed by atoms with Gasteiger partial charge in [-0.1, -0.05) is 0 Å². The first-order valence-electron chi connectivity index (χ1n) is 7.16. The number of hydrogen-bond acceptors (Lipinski definition) is 4. The van der Waals surface area contributed by atoms with Gasteiger partial charge in [-0.25, -0.2) is 0 Å². The van der Waals surface area contributed by atoms with Crippen molar-refractivity contribution >= 4 is 0 Å². The van der Waals surface area contributed by atoms with E-state index in [1.165, 1.54) is 0 Å². The van der Waals surface area contributed by atoms with Crippen LogP contribution in [0.15, 0.2) is 0 Å². The summed E-state index contributed by atoms with van der Waals surface area (Å²) in [6, 6.07) is -0.832. The van der Waals surface area contributed by atoms with Crippen LogP contribution in [0.25, 0.3) is 0 Å². The van der Waals surface area contributed by atoms with Crippen LogP contribution in [0, 0.1) is 0 Å². The van der Waals surface area contributed by atoms with E-state index in [0.717, 1.165) is 19.4 Å². The number of nitrogens with zero attached hydrogens (tertiary/aromatic N) is 1. The van der Waals surface area contributed by atoms with Gasteiger partial charge in [0.2, 0.25) is 0 Å². The summed E-state index contributed by atoms with van der Waals surface area (Å²) in [4.78, 5) is 1.67. The molecule has 0 aliphatic carbocycles. The van der Waals surface area contributed by atoms with Gasteiger partial charge in [-0.15, -0.1) is 0 Å². The number of hydrogen-bond donors (Lipinski definition) is 1. The van der Waals surface area contributed by atoms with E-state index >= 15 is 0 Å². The minimum atomic E-state index is -4.55. The highest BCUT2D eigenvalue weighted by atomic mass is 19.4. The standard InChI is InChI=1S/C13H22F3NO3/c14-13(15,16)12(18)11-4-1-5-17(11)6-8-19-9-10-3-2-7-20-10/h10-12,18H,1-9H2/t10-,11-,12-/m1/s1. The van der Waals surface area contributed by atoms with E-state index in [1.807, 2.05) is 0 Å². The SMILES string of the molecule is O[C@H]([C@H]1CCCN1CCOC[C@H]1CCCO1)C(F)(F)F. The van der Waals surface area contributed by atoms with Crippen LogP contribution in [-0.2, 0) is 9.47 Å². The highest BCUT2D eigenvalue weighted by Gasteiger charge is 2.46. The van der Waals surface area contributed by atoms with Gasteiger partial charge in [0.05, 0.1) is 19.3 Å². The second kappa shape index (κ2) is 7.06. The van der Waals surface area contributed by atoms with E-state index in [-0.39, 0.29) is 6.10 Å². The van der Waals surface area contributed by atoms with Gasteiger partial charge in [-0.2, -0.15) is 13.2 Å². The molecule has 2 rings (SSSR count). The maximum Gasteiger partial charge on any atom is 0.415 e. The first kappa shape index (κ1) is 16.0. The molecule has 0 radical (unpaired) electrons. The summed E-state index contributed by atoms with van der Waals surface area (Å²) in [7, 11) is 0. The summed E-state index contributed by atoms with van der Waals surface area (Å²) >= 11 is 0. The van der Waals surface area contributed by atoms with E-state index in [4.69, 9.17) is 9.47 Å². The number of halogens is 3. The van der Waals surface area contributed by atoms with Crippen LogP contribution in [0.1, 0.15) is 25.7 Å². The summed E-state index contributed by atoms with van der Waals surface area (Å²) in [5.41, 5.74) is 0. The third-order valence-corrected chi connectivity index (χ3v) is 3.96. The van der Waals surface area contributed by atoms with Crippen LogP contribution in [0.2, 0.25) is 0 Å². The van der Waals surface area contributed by atoms with Crippen LogP contribution in [0.5, 0.6) is 0 Å². The minimum Gasteiger partial charge on any atom is -0.382 e. The Morgan fingerprint density at radius 1 is 1.30 bits per heavy atom. The van der Waals surface area contributed by atoms with Crippen molar-refractivity contribution in [2.24, 2.45) is 0 Å². The Hall–Kier alpha value is -0.370. The van der Waals surface area contributed by atoms with Gasteiger partial charge in [-0.05, 0) is 32.2 Å². The van der Waals surface area contributed by atoms with Crippen molar-refractivity contribution < 1.29 is 27.8 Å². The predicted octanol–water partition coefficient (Wildman–Crippen LogP) is 1.57. The molecule has 0 bridgehead atoms. The molecule has 0 aromatic heterocycles. The molecule has 0 spiro atoms. The Balaban J connectivity index is 1.68. The topological polar surface area (TPSA) is 41.9 Å². The van der Waals surface area contributed by atoms with E-state index in [1.54, 1.807) is 4.90 Å². The number of ether oxygens (including phenoxy) is 2. The zero-order valence-electron chi connectivity index (χ0n) is 11.4. The number of likely N-dealkylation sites (tertiary alicyclic amines) is 1. The summed E-state index contributed by atoms with van der Waals surface area (Å²) in [5, 5.41) is 9.36. The molecular formula is C13H22F3NO3. The van der Waals surface area contributed by atoms with Gasteiger partial charge < -0.3 is 14.6 Å². The minimum absolute atomic E-state index is 0.130. The number of alkyl halides is 3. The van der Waals surface area contributed by atoms with E-state index in [2.05, 4.69) is 0 Å². The smallest absolute Gasteiger partial charge is 0.382 e. The molecule has 0 amide bonds. The van der Waals surface area contributed by atoms with Crippen molar-refractivity contribution in [1.82, 2.24) is 4.90 Å². The lowest BCUT2D eigenvalue weighted by molar-refractivity contribution is -0.219. The predicted molar refractivity (Wildman–Crippen MR) is 66.4 cm³/mol. The van der Waals surface area contributed by atoms with Crippen molar-refractivity contribution in [2.45, 2.75) is 50.1 Å². The van der Waals surface area contributed by atoms with Gasteiger partial charge in [0.25, 0.3) is 0 Å². The number of aliphatic hydroxyl groups excluding tert-OH is 1. The van der Waals surface area contributed by atoms with Gasteiger partial charge in [0.15, 0.2) is 6.10 Å². The third-order valence-electron chi connectivity index (χ3n) is 3.96. The molecule has 7 heteroatoms. The van der Waals surface area contributed by atoms with Gasteiger partial charge >= 0.3 is 6.18 Å². The lowest BCUT2D eigenvalue weighted by Gasteiger charge is -2.29. The molecule has 0 aromatic carbocycles. The fraction of sp³-hybridized carbons (Fsp3) is 1.00. The second-order valence-electron chi connectivity index (χ2n) is 5.44. The molecular weight excluding hydrogens is 275 g/mol. The Kier molecular flexibility index (Phi) is 5.65. The monoisotopic (exact) mass is 297 g/mol. The molecule has 20 heavy (non-hydrogen) atoms. The van der Waals surface area contributed by atoms with Crippen molar-refractivity contribution in [3.05, 3.63) is 0 Å². The first-order valence-corrected chi connectivity index (χ1v) is 7.16. The molecule has 1 N–H and O–H groups in total. The summed E-state index contributed by atoms with van der Waals surface area (Å²) in [5.74, 6) is 0. The van der Waals surface area contributed by atoms with E-state index in [9.17, 15) is 18.3 Å². The van der Waals surface area contributed by atoms with Crippen LogP contribution in [0.4, 0.5) is 13.2 Å². The highest BCUT2D eigenvalue weighted by Crippen LogP contribution is 2.30. The van der Waals surface area contributed by atoms with Gasteiger partial charge in [0, 0.05) is 19.2 Å². The van der Waals surface area contributed by atoms with E-state index < -0.39 is 18.3 Å². The van der Waals surface area contributed by atoms with Crippen LogP contribution in [-0.4, -0.2) is 67.3 Å². The molecule has 2 fully saturated rings. The molecule has 2 aliphatic heterocycles. The molecule has 2 heterocycles. The van der Waals surface area contributed by atoms with Crippen LogP contribution < -0.4 is 0 Å². The van der Waals surface area contributed by atoms with Crippen molar-refractivity contribution in [3.8, 4) is 0 Å². The molecule has 2 saturated heterocycles. The zero-order chi connectivity index (χ0) is 14.6. The first-order chi connectivity index (χ1) is 9.48. The maximum atomic E-state index is 12.5. The Bertz CT molecular complexity index is 295. The normalized spacial score (nSPS) is 30.0. The summed E-state index contributed by atoms with van der Waals surface area (Å²) < 4.78 is 48.5. The quantitative estimate of drug-likeness (QED) is 0.756. The molecule has 0 unspecified atom stereocenters. The Labute approximate surface area is 116 Å². The summed E-state index contributed by atoms with van der Waals surface area (Å²) in [6.45, 7) is 2.65. The third kappa shape index (κ3) is 4.31.